The standard InChI is InChI=1S/C17H19N5O/c1-3-8-14-13(4-2)15(22-17(21-14)19-11-18)16(23)20-12-9-6-5-7-10-12/h5-7,9-10H,3-4,8H2,1-2H3,(H,20,23)(H,19,21,22). The van der Waals surface area contributed by atoms with Crippen LogP contribution in [0.15, 0.2) is 30.3 Å². The van der Waals surface area contributed by atoms with Crippen LogP contribution in [0.25, 0.3) is 0 Å². The minimum Gasteiger partial charge on any atom is -0.321 e. The number of amides is 1. The van der Waals surface area contributed by atoms with Crippen molar-refractivity contribution >= 4 is 17.5 Å². The van der Waals surface area contributed by atoms with Gasteiger partial charge in [0.25, 0.3) is 5.91 Å². The van der Waals surface area contributed by atoms with Crippen LogP contribution in [-0.2, 0) is 12.8 Å². The molecule has 0 saturated carbocycles. The van der Waals surface area contributed by atoms with Crippen molar-refractivity contribution in [1.29, 1.82) is 5.26 Å². The van der Waals surface area contributed by atoms with E-state index in [2.05, 4.69) is 20.6 Å². The molecule has 0 aliphatic carbocycles. The molecule has 0 unspecified atom stereocenters. The summed E-state index contributed by atoms with van der Waals surface area (Å²) in [5, 5.41) is 14.0. The van der Waals surface area contributed by atoms with Crippen molar-refractivity contribution < 1.29 is 4.79 Å². The number of rotatable bonds is 6. The minimum atomic E-state index is -0.297. The quantitative estimate of drug-likeness (QED) is 0.632. The van der Waals surface area contributed by atoms with Gasteiger partial charge in [0.1, 0.15) is 5.69 Å². The van der Waals surface area contributed by atoms with Crippen LogP contribution in [0.1, 0.15) is 42.0 Å². The van der Waals surface area contributed by atoms with E-state index in [0.29, 0.717) is 17.8 Å². The topological polar surface area (TPSA) is 90.7 Å². The summed E-state index contributed by atoms with van der Waals surface area (Å²) in [4.78, 5) is 21.2. The van der Waals surface area contributed by atoms with Crippen molar-refractivity contribution in [3.63, 3.8) is 0 Å². The molecule has 2 aromatic rings. The lowest BCUT2D eigenvalue weighted by molar-refractivity contribution is 0.102. The SMILES string of the molecule is CCCc1nc(NC#N)nc(C(=O)Nc2ccccc2)c1CC. The van der Waals surface area contributed by atoms with Gasteiger partial charge < -0.3 is 5.32 Å². The Hall–Kier alpha value is -2.94. The van der Waals surface area contributed by atoms with Gasteiger partial charge in [0.05, 0.1) is 0 Å². The largest absolute Gasteiger partial charge is 0.321 e. The maximum absolute atomic E-state index is 12.6. The Morgan fingerprint density at radius 1 is 1.22 bits per heavy atom. The van der Waals surface area contributed by atoms with Gasteiger partial charge in [0.15, 0.2) is 6.19 Å². The van der Waals surface area contributed by atoms with E-state index in [9.17, 15) is 4.79 Å². The minimum absolute atomic E-state index is 0.159. The highest BCUT2D eigenvalue weighted by atomic mass is 16.1. The lowest BCUT2D eigenvalue weighted by Crippen LogP contribution is -2.19. The number of aromatic nitrogens is 2. The first-order valence-electron chi connectivity index (χ1n) is 7.60. The maximum Gasteiger partial charge on any atom is 0.274 e. The molecule has 6 heteroatoms. The first kappa shape index (κ1) is 16.4. The zero-order valence-electron chi connectivity index (χ0n) is 13.3. The van der Waals surface area contributed by atoms with Crippen molar-refractivity contribution in [1.82, 2.24) is 9.97 Å². The number of nitrogens with one attached hydrogen (secondary N) is 2. The predicted molar refractivity (Wildman–Crippen MR) is 89.0 cm³/mol. The van der Waals surface area contributed by atoms with Gasteiger partial charge in [-0.1, -0.05) is 38.5 Å². The van der Waals surface area contributed by atoms with E-state index in [1.807, 2.05) is 44.2 Å². The number of hydrogen-bond acceptors (Lipinski definition) is 5. The monoisotopic (exact) mass is 309 g/mol. The van der Waals surface area contributed by atoms with Crippen molar-refractivity contribution in [2.45, 2.75) is 33.1 Å². The van der Waals surface area contributed by atoms with E-state index in [1.165, 1.54) is 0 Å². The van der Waals surface area contributed by atoms with Crippen molar-refractivity contribution in [3.8, 4) is 6.19 Å². The van der Waals surface area contributed by atoms with Gasteiger partial charge in [-0.15, -0.1) is 0 Å². The molecule has 1 aromatic heterocycles. The highest BCUT2D eigenvalue weighted by Crippen LogP contribution is 2.18. The summed E-state index contributed by atoms with van der Waals surface area (Å²) in [5.41, 5.74) is 2.64. The Labute approximate surface area is 135 Å². The van der Waals surface area contributed by atoms with Crippen LogP contribution in [0.2, 0.25) is 0 Å². The zero-order chi connectivity index (χ0) is 16.7. The first-order valence-corrected chi connectivity index (χ1v) is 7.60. The second kappa shape index (κ2) is 7.90. The molecule has 2 N–H and O–H groups in total. The number of anilines is 2. The highest BCUT2D eigenvalue weighted by molar-refractivity contribution is 6.04. The number of carbonyl (C=O) groups is 1. The van der Waals surface area contributed by atoms with Crippen molar-refractivity contribution in [2.24, 2.45) is 0 Å². The fraction of sp³-hybridized carbons (Fsp3) is 0.294. The predicted octanol–water partition coefficient (Wildman–Crippen LogP) is 3.14. The van der Waals surface area contributed by atoms with E-state index in [4.69, 9.17) is 5.26 Å². The number of nitrogens with zero attached hydrogens (tertiary/aromatic N) is 3. The Kier molecular flexibility index (Phi) is 5.64. The van der Waals surface area contributed by atoms with Crippen LogP contribution < -0.4 is 10.6 Å². The van der Waals surface area contributed by atoms with Crippen LogP contribution in [0, 0.1) is 11.5 Å². The number of aryl methyl sites for hydroxylation is 1. The molecule has 0 fully saturated rings. The number of hydrogen-bond donors (Lipinski definition) is 2. The lowest BCUT2D eigenvalue weighted by atomic mass is 10.0. The normalized spacial score (nSPS) is 9.96. The maximum atomic E-state index is 12.6. The van der Waals surface area contributed by atoms with Crippen LogP contribution in [0.3, 0.4) is 0 Å². The summed E-state index contributed by atoms with van der Waals surface area (Å²) in [6, 6.07) is 9.20. The van der Waals surface area contributed by atoms with Crippen molar-refractivity contribution in [3.05, 3.63) is 47.3 Å². The molecule has 1 heterocycles. The second-order valence-corrected chi connectivity index (χ2v) is 4.98. The molecular formula is C17H19N5O. The average molecular weight is 309 g/mol. The third kappa shape index (κ3) is 4.04. The molecule has 0 radical (unpaired) electrons. The van der Waals surface area contributed by atoms with E-state index in [-0.39, 0.29) is 11.9 Å². The van der Waals surface area contributed by atoms with Gasteiger partial charge in [0.2, 0.25) is 5.95 Å². The average Bonchev–Trinajstić information content (AvgIpc) is 2.56. The first-order chi connectivity index (χ1) is 11.2. The number of carbonyl (C=O) groups excluding carboxylic acids is 1. The summed E-state index contributed by atoms with van der Waals surface area (Å²) >= 11 is 0. The van der Waals surface area contributed by atoms with Crippen LogP contribution in [0.5, 0.6) is 0 Å². The van der Waals surface area contributed by atoms with E-state index in [0.717, 1.165) is 24.1 Å². The fourth-order valence-corrected chi connectivity index (χ4v) is 2.35. The van der Waals surface area contributed by atoms with Gasteiger partial charge >= 0.3 is 0 Å². The lowest BCUT2D eigenvalue weighted by Gasteiger charge is -2.13. The van der Waals surface area contributed by atoms with Crippen LogP contribution in [-0.4, -0.2) is 15.9 Å². The van der Waals surface area contributed by atoms with Crippen LogP contribution >= 0.6 is 0 Å². The number of benzene rings is 1. The Balaban J connectivity index is 2.41. The summed E-state index contributed by atoms with van der Waals surface area (Å²) in [5.74, 6) is -0.139. The van der Waals surface area contributed by atoms with Gasteiger partial charge in [-0.3, -0.25) is 10.1 Å². The molecule has 1 aromatic carbocycles. The molecule has 6 nitrogen and oxygen atoms in total. The Morgan fingerprint density at radius 2 is 1.96 bits per heavy atom. The third-order valence-electron chi connectivity index (χ3n) is 3.35. The molecule has 23 heavy (non-hydrogen) atoms. The molecule has 0 aliphatic rings. The van der Waals surface area contributed by atoms with Crippen molar-refractivity contribution in [2.75, 3.05) is 10.6 Å². The summed E-state index contributed by atoms with van der Waals surface area (Å²) in [6.45, 7) is 4.01. The highest BCUT2D eigenvalue weighted by Gasteiger charge is 2.18. The van der Waals surface area contributed by atoms with Gasteiger partial charge in [-0.2, -0.15) is 5.26 Å². The molecule has 2 rings (SSSR count). The number of nitriles is 1. The second-order valence-electron chi connectivity index (χ2n) is 4.98. The van der Waals surface area contributed by atoms with E-state index >= 15 is 0 Å². The third-order valence-corrected chi connectivity index (χ3v) is 3.35. The Morgan fingerprint density at radius 3 is 2.57 bits per heavy atom. The van der Waals surface area contributed by atoms with Gasteiger partial charge in [-0.05, 0) is 25.0 Å². The summed E-state index contributed by atoms with van der Waals surface area (Å²) in [7, 11) is 0. The van der Waals surface area contributed by atoms with Crippen LogP contribution in [0.4, 0.5) is 11.6 Å². The molecule has 0 saturated heterocycles. The molecular weight excluding hydrogens is 290 g/mol. The molecule has 0 atom stereocenters. The number of para-hydroxylation sites is 1. The summed E-state index contributed by atoms with van der Waals surface area (Å²) < 4.78 is 0. The molecule has 1 amide bonds. The Bertz CT molecular complexity index is 722. The zero-order valence-corrected chi connectivity index (χ0v) is 13.3. The summed E-state index contributed by atoms with van der Waals surface area (Å²) in [6.07, 6.45) is 4.08. The molecule has 118 valence electrons. The van der Waals surface area contributed by atoms with E-state index in [1.54, 1.807) is 6.19 Å². The fourth-order valence-electron chi connectivity index (χ4n) is 2.35. The smallest absolute Gasteiger partial charge is 0.274 e. The molecule has 0 bridgehead atoms. The van der Waals surface area contributed by atoms with Gasteiger partial charge in [0, 0.05) is 16.9 Å². The van der Waals surface area contributed by atoms with Gasteiger partial charge in [-0.25, -0.2) is 9.97 Å². The van der Waals surface area contributed by atoms with E-state index < -0.39 is 0 Å². The molecule has 0 spiro atoms. The molecule has 0 aliphatic heterocycles.